The van der Waals surface area contributed by atoms with Gasteiger partial charge in [0, 0.05) is 12.6 Å². The fraction of sp³-hybridized carbons (Fsp3) is 0.529. The molecule has 0 fully saturated rings. The van der Waals surface area contributed by atoms with E-state index >= 15 is 0 Å². The molecule has 1 rings (SSSR count). The second-order valence-electron chi connectivity index (χ2n) is 5.12. The minimum atomic E-state index is 0.313. The summed E-state index contributed by atoms with van der Waals surface area (Å²) in [6.07, 6.45) is 6.78. The van der Waals surface area contributed by atoms with Crippen LogP contribution in [0.2, 0.25) is 0 Å². The van der Waals surface area contributed by atoms with Crippen molar-refractivity contribution in [2.24, 2.45) is 0 Å². The van der Waals surface area contributed by atoms with Gasteiger partial charge in [0.25, 0.3) is 0 Å². The lowest BCUT2D eigenvalue weighted by Crippen LogP contribution is -2.33. The highest BCUT2D eigenvalue weighted by Crippen LogP contribution is 2.04. The number of benzene rings is 1. The summed E-state index contributed by atoms with van der Waals surface area (Å²) in [6.45, 7) is 8.15. The van der Waals surface area contributed by atoms with E-state index in [2.05, 4.69) is 50.4 Å². The average Bonchev–Trinajstić information content (AvgIpc) is 2.41. The summed E-state index contributed by atoms with van der Waals surface area (Å²) in [5, 5.41) is 3.44. The topological polar surface area (TPSA) is 21.3 Å². The van der Waals surface area contributed by atoms with Gasteiger partial charge in [-0.15, -0.1) is 0 Å². The quantitative estimate of drug-likeness (QED) is 0.728. The third-order valence-corrected chi connectivity index (χ3v) is 2.90. The second-order valence-corrected chi connectivity index (χ2v) is 5.12. The van der Waals surface area contributed by atoms with Crippen LogP contribution in [-0.4, -0.2) is 25.3 Å². The summed E-state index contributed by atoms with van der Waals surface area (Å²) < 4.78 is 5.91. The number of hydrogen-bond donors (Lipinski definition) is 1. The minimum Gasteiger partial charge on any atom is -0.373 e. The molecule has 106 valence electrons. The molecule has 0 aromatic heterocycles. The van der Waals surface area contributed by atoms with E-state index < -0.39 is 0 Å². The summed E-state index contributed by atoms with van der Waals surface area (Å²) in [7, 11) is 0. The van der Waals surface area contributed by atoms with E-state index in [4.69, 9.17) is 4.74 Å². The van der Waals surface area contributed by atoms with Gasteiger partial charge in [-0.25, -0.2) is 0 Å². The summed E-state index contributed by atoms with van der Waals surface area (Å²) in [4.78, 5) is 0. The Morgan fingerprint density at radius 2 is 1.95 bits per heavy atom. The number of rotatable bonds is 9. The van der Waals surface area contributed by atoms with Gasteiger partial charge in [-0.1, -0.05) is 69.7 Å². The zero-order valence-corrected chi connectivity index (χ0v) is 12.4. The first kappa shape index (κ1) is 15.9. The van der Waals surface area contributed by atoms with Gasteiger partial charge in [-0.3, -0.25) is 0 Å². The maximum atomic E-state index is 5.91. The van der Waals surface area contributed by atoms with Crippen LogP contribution < -0.4 is 5.32 Å². The summed E-state index contributed by atoms with van der Waals surface area (Å²) in [6, 6.07) is 10.8. The van der Waals surface area contributed by atoms with Crippen molar-refractivity contribution < 1.29 is 4.74 Å². The van der Waals surface area contributed by atoms with Gasteiger partial charge in [0.15, 0.2) is 0 Å². The highest BCUT2D eigenvalue weighted by molar-refractivity contribution is 5.48. The SMILES string of the molecule is CCCC(CNC(C)C)OC/C=C/c1ccccc1. The first-order valence-electron chi connectivity index (χ1n) is 7.29. The van der Waals surface area contributed by atoms with Gasteiger partial charge in [0.05, 0.1) is 12.7 Å². The summed E-state index contributed by atoms with van der Waals surface area (Å²) in [5.41, 5.74) is 1.22. The normalized spacial score (nSPS) is 13.3. The second kappa shape index (κ2) is 9.76. The zero-order chi connectivity index (χ0) is 13.9. The third-order valence-electron chi connectivity index (χ3n) is 2.90. The fourth-order valence-electron chi connectivity index (χ4n) is 1.87. The molecule has 19 heavy (non-hydrogen) atoms. The summed E-state index contributed by atoms with van der Waals surface area (Å²) in [5.74, 6) is 0. The van der Waals surface area contributed by atoms with Crippen molar-refractivity contribution in [1.82, 2.24) is 5.32 Å². The van der Waals surface area contributed by atoms with E-state index in [0.29, 0.717) is 18.8 Å². The van der Waals surface area contributed by atoms with Gasteiger partial charge in [-0.05, 0) is 12.0 Å². The minimum absolute atomic E-state index is 0.313. The molecule has 0 bridgehead atoms. The summed E-state index contributed by atoms with van der Waals surface area (Å²) >= 11 is 0. The maximum Gasteiger partial charge on any atom is 0.0703 e. The van der Waals surface area contributed by atoms with Crippen molar-refractivity contribution in [3.05, 3.63) is 42.0 Å². The van der Waals surface area contributed by atoms with E-state index in [9.17, 15) is 0 Å². The van der Waals surface area contributed by atoms with Crippen LogP contribution in [0.3, 0.4) is 0 Å². The highest BCUT2D eigenvalue weighted by Gasteiger charge is 2.07. The molecule has 0 radical (unpaired) electrons. The Balaban J connectivity index is 2.29. The zero-order valence-electron chi connectivity index (χ0n) is 12.4. The van der Waals surface area contributed by atoms with Gasteiger partial charge < -0.3 is 10.1 Å². The third kappa shape index (κ3) is 7.81. The smallest absolute Gasteiger partial charge is 0.0703 e. The maximum absolute atomic E-state index is 5.91. The van der Waals surface area contributed by atoms with Gasteiger partial charge >= 0.3 is 0 Å². The molecule has 1 atom stereocenters. The van der Waals surface area contributed by atoms with Crippen molar-refractivity contribution in [3.8, 4) is 0 Å². The van der Waals surface area contributed by atoms with Crippen LogP contribution in [0.1, 0.15) is 39.2 Å². The monoisotopic (exact) mass is 261 g/mol. The first-order chi connectivity index (χ1) is 9.22. The molecule has 0 aliphatic heterocycles. The number of ether oxygens (including phenoxy) is 1. The molecule has 0 amide bonds. The van der Waals surface area contributed by atoms with Gasteiger partial charge in [-0.2, -0.15) is 0 Å². The van der Waals surface area contributed by atoms with Crippen LogP contribution in [0.15, 0.2) is 36.4 Å². The van der Waals surface area contributed by atoms with Crippen LogP contribution in [-0.2, 0) is 4.74 Å². The van der Waals surface area contributed by atoms with Gasteiger partial charge in [0.1, 0.15) is 0 Å². The molecule has 0 saturated heterocycles. The van der Waals surface area contributed by atoms with Gasteiger partial charge in [0.2, 0.25) is 0 Å². The lowest BCUT2D eigenvalue weighted by Gasteiger charge is -2.18. The van der Waals surface area contributed by atoms with E-state index in [0.717, 1.165) is 19.4 Å². The van der Waals surface area contributed by atoms with Crippen LogP contribution in [0, 0.1) is 0 Å². The predicted molar refractivity (Wildman–Crippen MR) is 83.3 cm³/mol. The van der Waals surface area contributed by atoms with E-state index in [-0.39, 0.29) is 0 Å². The fourth-order valence-corrected chi connectivity index (χ4v) is 1.87. The Kier molecular flexibility index (Phi) is 8.19. The largest absolute Gasteiger partial charge is 0.373 e. The number of hydrogen-bond acceptors (Lipinski definition) is 2. The Morgan fingerprint density at radius 3 is 2.58 bits per heavy atom. The van der Waals surface area contributed by atoms with E-state index in [1.807, 2.05) is 18.2 Å². The molecule has 0 heterocycles. The van der Waals surface area contributed by atoms with Crippen LogP contribution in [0.4, 0.5) is 0 Å². The van der Waals surface area contributed by atoms with Crippen molar-refractivity contribution in [1.29, 1.82) is 0 Å². The van der Waals surface area contributed by atoms with Crippen molar-refractivity contribution in [2.45, 2.75) is 45.8 Å². The number of nitrogens with one attached hydrogen (secondary N) is 1. The molecule has 1 aromatic carbocycles. The highest BCUT2D eigenvalue weighted by atomic mass is 16.5. The molecular weight excluding hydrogens is 234 g/mol. The van der Waals surface area contributed by atoms with Crippen molar-refractivity contribution in [3.63, 3.8) is 0 Å². The molecule has 0 saturated carbocycles. The Labute approximate surface area is 117 Å². The Morgan fingerprint density at radius 1 is 1.21 bits per heavy atom. The van der Waals surface area contributed by atoms with Crippen LogP contribution >= 0.6 is 0 Å². The molecule has 1 aromatic rings. The Hall–Kier alpha value is -1.12. The molecular formula is C17H27NO. The van der Waals surface area contributed by atoms with Crippen LogP contribution in [0.5, 0.6) is 0 Å². The lowest BCUT2D eigenvalue weighted by molar-refractivity contribution is 0.0659. The van der Waals surface area contributed by atoms with Crippen molar-refractivity contribution >= 4 is 6.08 Å². The molecule has 1 N–H and O–H groups in total. The lowest BCUT2D eigenvalue weighted by atomic mass is 10.2. The first-order valence-corrected chi connectivity index (χ1v) is 7.29. The molecule has 2 nitrogen and oxygen atoms in total. The molecule has 0 aliphatic carbocycles. The van der Waals surface area contributed by atoms with Crippen molar-refractivity contribution in [2.75, 3.05) is 13.2 Å². The van der Waals surface area contributed by atoms with Crippen LogP contribution in [0.25, 0.3) is 6.08 Å². The van der Waals surface area contributed by atoms with E-state index in [1.165, 1.54) is 5.56 Å². The molecule has 2 heteroatoms. The molecule has 0 aliphatic rings. The molecule has 1 unspecified atom stereocenters. The molecule has 0 spiro atoms. The standard InChI is InChI=1S/C17H27NO/c1-4-9-17(14-18-15(2)3)19-13-8-12-16-10-6-5-7-11-16/h5-8,10-12,15,17-18H,4,9,13-14H2,1-3H3/b12-8+. The predicted octanol–water partition coefficient (Wildman–Crippen LogP) is 3.88. The van der Waals surface area contributed by atoms with E-state index in [1.54, 1.807) is 0 Å². The average molecular weight is 261 g/mol. The Bertz CT molecular complexity index is 346.